The van der Waals surface area contributed by atoms with E-state index in [1.807, 2.05) is 40.7 Å². The normalized spacial score (nSPS) is 15.2. The summed E-state index contributed by atoms with van der Waals surface area (Å²) in [5, 5.41) is 3.09. The summed E-state index contributed by atoms with van der Waals surface area (Å²) in [7, 11) is 1.35. The molecular formula is C27H38F2N6O3. The Labute approximate surface area is 223 Å². The molecule has 208 valence electrons. The maximum absolute atomic E-state index is 13.6. The first kappa shape index (κ1) is 29.2. The second kappa shape index (κ2) is 12.0. The average Bonchev–Trinajstić information content (AvgIpc) is 2.84. The number of halogens is 2. The summed E-state index contributed by atoms with van der Waals surface area (Å²) in [6.07, 6.45) is -0.750. The number of aromatic nitrogens is 3. The zero-order valence-corrected chi connectivity index (χ0v) is 23.3. The lowest BCUT2D eigenvalue weighted by Crippen LogP contribution is -2.61. The largest absolute Gasteiger partial charge is 0.465 e. The summed E-state index contributed by atoms with van der Waals surface area (Å²) < 4.78 is 29.8. The molecule has 1 aliphatic rings. The number of nitrogens with zero attached hydrogens (tertiary/aromatic N) is 5. The number of carbonyl (C=O) groups excluding carboxylic acids is 2. The molecule has 2 aromatic heterocycles. The number of esters is 1. The summed E-state index contributed by atoms with van der Waals surface area (Å²) in [6.45, 7) is 13.5. The number of methoxy groups -OCH3 is 1. The summed E-state index contributed by atoms with van der Waals surface area (Å²) in [5.74, 6) is 0.628. The Morgan fingerprint density at radius 1 is 1.18 bits per heavy atom. The van der Waals surface area contributed by atoms with Crippen molar-refractivity contribution < 1.29 is 23.1 Å². The minimum absolute atomic E-state index is 0.0109. The van der Waals surface area contributed by atoms with Crippen molar-refractivity contribution in [2.24, 2.45) is 0 Å². The molecule has 0 atom stereocenters. The minimum Gasteiger partial charge on any atom is -0.465 e. The van der Waals surface area contributed by atoms with Crippen LogP contribution in [0.5, 0.6) is 0 Å². The Balaban J connectivity index is 1.77. The first-order valence-corrected chi connectivity index (χ1v) is 12.9. The molecule has 0 spiro atoms. The number of nitrogens with one attached hydrogen (secondary N) is 1. The molecule has 1 saturated heterocycles. The maximum Gasteiger partial charge on any atom is 0.339 e. The van der Waals surface area contributed by atoms with Crippen molar-refractivity contribution in [3.8, 4) is 0 Å². The van der Waals surface area contributed by atoms with Gasteiger partial charge in [0.15, 0.2) is 0 Å². The maximum atomic E-state index is 13.6. The van der Waals surface area contributed by atoms with E-state index in [-0.39, 0.29) is 23.9 Å². The molecule has 0 aliphatic carbocycles. The van der Waals surface area contributed by atoms with Gasteiger partial charge in [0.25, 0.3) is 5.91 Å². The van der Waals surface area contributed by atoms with Gasteiger partial charge in [-0.25, -0.2) is 28.5 Å². The van der Waals surface area contributed by atoms with E-state index >= 15 is 0 Å². The van der Waals surface area contributed by atoms with Gasteiger partial charge in [0.05, 0.1) is 35.8 Å². The van der Waals surface area contributed by atoms with E-state index < -0.39 is 17.9 Å². The van der Waals surface area contributed by atoms with Crippen LogP contribution in [0.3, 0.4) is 0 Å². The third kappa shape index (κ3) is 6.54. The third-order valence-corrected chi connectivity index (χ3v) is 6.70. The number of carbonyl (C=O) groups is 2. The van der Waals surface area contributed by atoms with Crippen LogP contribution in [0.4, 0.5) is 20.4 Å². The van der Waals surface area contributed by atoms with Crippen LogP contribution in [0.15, 0.2) is 12.3 Å². The first-order valence-electron chi connectivity index (χ1n) is 12.9. The fourth-order valence-corrected chi connectivity index (χ4v) is 4.76. The summed E-state index contributed by atoms with van der Waals surface area (Å²) in [6, 6.07) is 1.88. The molecule has 0 saturated carbocycles. The number of pyridine rings is 1. The number of hydrogen-bond donors (Lipinski definition) is 1. The average molecular weight is 533 g/mol. The number of ether oxygens (including phenoxy) is 1. The molecule has 3 rings (SSSR count). The van der Waals surface area contributed by atoms with Crippen molar-refractivity contribution >= 4 is 23.5 Å². The van der Waals surface area contributed by atoms with Gasteiger partial charge in [-0.3, -0.25) is 4.79 Å². The SMILES string of the molecule is COC(=O)c1c(C)cc(N2CCN(C(=O)c3cnc(NCCCC(F)F)c(C(C)C)n3)C(C)(C)C2)nc1C. The quantitative estimate of drug-likeness (QED) is 0.370. The zero-order valence-electron chi connectivity index (χ0n) is 23.3. The molecule has 38 heavy (non-hydrogen) atoms. The molecule has 3 heterocycles. The molecule has 1 aliphatic heterocycles. The van der Waals surface area contributed by atoms with Crippen LogP contribution in [0.2, 0.25) is 0 Å². The third-order valence-electron chi connectivity index (χ3n) is 6.70. The number of hydrogen-bond acceptors (Lipinski definition) is 8. The number of rotatable bonds is 9. The van der Waals surface area contributed by atoms with Gasteiger partial charge in [-0.05, 0) is 51.7 Å². The lowest BCUT2D eigenvalue weighted by atomic mass is 9.97. The lowest BCUT2D eigenvalue weighted by molar-refractivity contribution is 0.0505. The van der Waals surface area contributed by atoms with Gasteiger partial charge in [-0.2, -0.15) is 0 Å². The fourth-order valence-electron chi connectivity index (χ4n) is 4.76. The van der Waals surface area contributed by atoms with Gasteiger partial charge >= 0.3 is 5.97 Å². The van der Waals surface area contributed by atoms with Crippen LogP contribution in [-0.2, 0) is 4.74 Å². The van der Waals surface area contributed by atoms with E-state index in [0.717, 1.165) is 11.4 Å². The number of anilines is 2. The van der Waals surface area contributed by atoms with Gasteiger partial charge in [0.2, 0.25) is 6.43 Å². The van der Waals surface area contributed by atoms with Crippen LogP contribution >= 0.6 is 0 Å². The van der Waals surface area contributed by atoms with Crippen molar-refractivity contribution in [2.75, 3.05) is 43.5 Å². The lowest BCUT2D eigenvalue weighted by Gasteiger charge is -2.47. The molecule has 0 aromatic carbocycles. The molecule has 0 unspecified atom stereocenters. The Hall–Kier alpha value is -3.37. The number of amides is 1. The number of aryl methyl sites for hydroxylation is 2. The Kier molecular flexibility index (Phi) is 9.22. The Morgan fingerprint density at radius 2 is 1.89 bits per heavy atom. The van der Waals surface area contributed by atoms with Crippen LogP contribution in [0.25, 0.3) is 0 Å². The smallest absolute Gasteiger partial charge is 0.339 e. The molecule has 11 heteroatoms. The highest BCUT2D eigenvalue weighted by molar-refractivity contribution is 5.93. The van der Waals surface area contributed by atoms with Crippen molar-refractivity contribution in [1.82, 2.24) is 19.9 Å². The zero-order chi connectivity index (χ0) is 28.2. The topological polar surface area (TPSA) is 101 Å². The number of piperazine rings is 1. The highest BCUT2D eigenvalue weighted by Gasteiger charge is 2.38. The predicted molar refractivity (Wildman–Crippen MR) is 142 cm³/mol. The molecule has 0 bridgehead atoms. The van der Waals surface area contributed by atoms with E-state index in [4.69, 9.17) is 4.74 Å². The van der Waals surface area contributed by atoms with Gasteiger partial charge in [0, 0.05) is 32.6 Å². The van der Waals surface area contributed by atoms with Gasteiger partial charge < -0.3 is 19.9 Å². The van der Waals surface area contributed by atoms with E-state index in [2.05, 4.69) is 25.2 Å². The number of alkyl halides is 2. The molecule has 2 aromatic rings. The van der Waals surface area contributed by atoms with Crippen LogP contribution in [0, 0.1) is 13.8 Å². The van der Waals surface area contributed by atoms with Crippen LogP contribution in [0.1, 0.15) is 84.3 Å². The summed E-state index contributed by atoms with van der Waals surface area (Å²) in [5.41, 5.74) is 2.20. The Morgan fingerprint density at radius 3 is 2.47 bits per heavy atom. The van der Waals surface area contributed by atoms with Gasteiger partial charge in [-0.1, -0.05) is 13.8 Å². The van der Waals surface area contributed by atoms with Crippen molar-refractivity contribution in [3.05, 3.63) is 40.5 Å². The predicted octanol–water partition coefficient (Wildman–Crippen LogP) is 4.60. The van der Waals surface area contributed by atoms with Crippen LogP contribution < -0.4 is 10.2 Å². The van der Waals surface area contributed by atoms with Gasteiger partial charge in [0.1, 0.15) is 17.3 Å². The highest BCUT2D eigenvalue weighted by Crippen LogP contribution is 2.29. The van der Waals surface area contributed by atoms with Crippen molar-refractivity contribution in [1.29, 1.82) is 0 Å². The van der Waals surface area contributed by atoms with E-state index in [1.54, 1.807) is 11.8 Å². The minimum atomic E-state index is -2.33. The van der Waals surface area contributed by atoms with E-state index in [1.165, 1.54) is 13.3 Å². The standard InChI is InChI=1S/C27H38F2N6O3/c1-16(2)23-24(30-10-8-9-20(28)29)31-14-19(33-23)25(36)35-12-11-34(15-27(35,5)6)21-13-17(3)22(18(4)32-21)26(37)38-7/h13-14,16,20H,8-12,15H2,1-7H3,(H,30,31). The molecule has 1 fully saturated rings. The van der Waals surface area contributed by atoms with E-state index in [0.29, 0.717) is 55.4 Å². The second-order valence-electron chi connectivity index (χ2n) is 10.5. The van der Waals surface area contributed by atoms with Crippen molar-refractivity contribution in [2.45, 2.75) is 72.3 Å². The fraction of sp³-hybridized carbons (Fsp3) is 0.593. The van der Waals surface area contributed by atoms with E-state index in [9.17, 15) is 18.4 Å². The molecule has 1 amide bonds. The van der Waals surface area contributed by atoms with Crippen LogP contribution in [-0.4, -0.2) is 77.0 Å². The highest BCUT2D eigenvalue weighted by atomic mass is 19.3. The molecule has 1 N–H and O–H groups in total. The summed E-state index contributed by atoms with van der Waals surface area (Å²) in [4.78, 5) is 43.3. The monoisotopic (exact) mass is 532 g/mol. The van der Waals surface area contributed by atoms with Crippen molar-refractivity contribution in [3.63, 3.8) is 0 Å². The second-order valence-corrected chi connectivity index (χ2v) is 10.5. The molecular weight excluding hydrogens is 494 g/mol. The molecule has 9 nitrogen and oxygen atoms in total. The Bertz CT molecular complexity index is 1150. The summed E-state index contributed by atoms with van der Waals surface area (Å²) >= 11 is 0. The first-order chi connectivity index (χ1) is 17.9. The van der Waals surface area contributed by atoms with Gasteiger partial charge in [-0.15, -0.1) is 0 Å². The molecule has 0 radical (unpaired) electrons.